The Bertz CT molecular complexity index is 807. The molecule has 0 radical (unpaired) electrons. The van der Waals surface area contributed by atoms with Crippen molar-refractivity contribution in [2.75, 3.05) is 25.1 Å². The maximum atomic E-state index is 12.2. The van der Waals surface area contributed by atoms with E-state index < -0.39 is 12.8 Å². The lowest BCUT2D eigenvalue weighted by atomic mass is 9.99. The summed E-state index contributed by atoms with van der Waals surface area (Å²) in [6.45, 7) is -0.0139. The lowest BCUT2D eigenvalue weighted by Crippen LogP contribution is -2.26. The molecule has 2 heterocycles. The number of nitrogens with zero attached hydrogens (tertiary/aromatic N) is 2. The summed E-state index contributed by atoms with van der Waals surface area (Å²) in [5.41, 5.74) is 3.74. The van der Waals surface area contributed by atoms with E-state index in [1.165, 1.54) is 29.6 Å². The Kier molecular flexibility index (Phi) is 5.53. The lowest BCUT2D eigenvalue weighted by Gasteiger charge is -2.27. The predicted molar refractivity (Wildman–Crippen MR) is 95.0 cm³/mol. The van der Waals surface area contributed by atoms with E-state index in [2.05, 4.69) is 39.1 Å². The average molecular weight is 379 g/mol. The number of aromatic nitrogens is 1. The zero-order valence-corrected chi connectivity index (χ0v) is 14.8. The Balaban J connectivity index is 1.56. The van der Waals surface area contributed by atoms with Crippen LogP contribution in [0.3, 0.4) is 0 Å². The van der Waals surface area contributed by atoms with Crippen LogP contribution < -0.4 is 15.0 Å². The van der Waals surface area contributed by atoms with Crippen LogP contribution >= 0.6 is 0 Å². The second-order valence-electron chi connectivity index (χ2n) is 6.46. The molecule has 0 spiro atoms. The number of amides is 1. The molecule has 27 heavy (non-hydrogen) atoms. The third-order valence-corrected chi connectivity index (χ3v) is 4.33. The van der Waals surface area contributed by atoms with E-state index in [1.807, 2.05) is 6.07 Å². The van der Waals surface area contributed by atoms with Crippen LogP contribution in [0.4, 0.5) is 18.9 Å². The van der Waals surface area contributed by atoms with E-state index in [1.54, 1.807) is 0 Å². The fourth-order valence-electron chi connectivity index (χ4n) is 2.99. The van der Waals surface area contributed by atoms with Crippen LogP contribution in [0.5, 0.6) is 5.88 Å². The molecule has 1 aromatic carbocycles. The van der Waals surface area contributed by atoms with Gasteiger partial charge in [-0.2, -0.15) is 13.2 Å². The molecule has 0 fully saturated rings. The number of halogens is 3. The number of benzene rings is 1. The SMILES string of the molecule is CN1CCCc2cc(CNC(=O)c3ccc(OCC(F)(F)F)nc3)ccc21. The van der Waals surface area contributed by atoms with Gasteiger partial charge in [-0.05, 0) is 36.1 Å². The number of pyridine rings is 1. The minimum atomic E-state index is -4.43. The van der Waals surface area contributed by atoms with Crippen LogP contribution in [0.15, 0.2) is 36.5 Å². The van der Waals surface area contributed by atoms with Gasteiger partial charge in [0.05, 0.1) is 5.56 Å². The topological polar surface area (TPSA) is 54.5 Å². The molecule has 3 rings (SSSR count). The molecular formula is C19H20F3N3O2. The summed E-state index contributed by atoms with van der Waals surface area (Å²) >= 11 is 0. The van der Waals surface area contributed by atoms with Crippen molar-refractivity contribution in [2.45, 2.75) is 25.6 Å². The van der Waals surface area contributed by atoms with Crippen LogP contribution in [0.2, 0.25) is 0 Å². The summed E-state index contributed by atoms with van der Waals surface area (Å²) in [7, 11) is 2.06. The number of carbonyl (C=O) groups is 1. The fraction of sp³-hybridized carbons (Fsp3) is 0.368. The normalized spacial score (nSPS) is 13.9. The van der Waals surface area contributed by atoms with E-state index in [4.69, 9.17) is 0 Å². The molecule has 144 valence electrons. The molecule has 1 amide bonds. The molecule has 1 aliphatic heterocycles. The van der Waals surface area contributed by atoms with Gasteiger partial charge in [-0.1, -0.05) is 12.1 Å². The highest BCUT2D eigenvalue weighted by molar-refractivity contribution is 5.93. The maximum absolute atomic E-state index is 12.2. The summed E-state index contributed by atoms with van der Waals surface area (Å²) < 4.78 is 40.9. The van der Waals surface area contributed by atoms with Gasteiger partial charge in [0.25, 0.3) is 5.91 Å². The zero-order valence-electron chi connectivity index (χ0n) is 14.8. The van der Waals surface area contributed by atoms with Gasteiger partial charge in [-0.25, -0.2) is 4.98 Å². The number of nitrogens with one attached hydrogen (secondary N) is 1. The minimum Gasteiger partial charge on any atom is -0.468 e. The number of carbonyl (C=O) groups excluding carboxylic acids is 1. The number of hydrogen-bond acceptors (Lipinski definition) is 4. The highest BCUT2D eigenvalue weighted by Gasteiger charge is 2.28. The van der Waals surface area contributed by atoms with Crippen molar-refractivity contribution in [1.29, 1.82) is 0 Å². The number of alkyl halides is 3. The van der Waals surface area contributed by atoms with Crippen molar-refractivity contribution in [3.8, 4) is 5.88 Å². The van der Waals surface area contributed by atoms with E-state index in [0.29, 0.717) is 6.54 Å². The molecule has 0 saturated heterocycles. The fourth-order valence-corrected chi connectivity index (χ4v) is 2.99. The van der Waals surface area contributed by atoms with Crippen molar-refractivity contribution >= 4 is 11.6 Å². The number of anilines is 1. The van der Waals surface area contributed by atoms with Gasteiger partial charge in [0.1, 0.15) is 0 Å². The first-order valence-corrected chi connectivity index (χ1v) is 8.58. The second-order valence-corrected chi connectivity index (χ2v) is 6.46. The van der Waals surface area contributed by atoms with Crippen molar-refractivity contribution in [3.05, 3.63) is 53.2 Å². The molecule has 0 bridgehead atoms. The summed E-state index contributed by atoms with van der Waals surface area (Å²) in [6, 6.07) is 8.76. The highest BCUT2D eigenvalue weighted by atomic mass is 19.4. The maximum Gasteiger partial charge on any atom is 0.422 e. The standard InChI is InChI=1S/C19H20F3N3O2/c1-25-8-2-3-14-9-13(4-6-16(14)25)10-24-18(26)15-5-7-17(23-11-15)27-12-19(20,21)22/h4-7,9,11H,2-3,8,10,12H2,1H3,(H,24,26). The number of ether oxygens (including phenoxy) is 1. The number of aryl methyl sites for hydroxylation is 1. The molecule has 0 aliphatic carbocycles. The Morgan fingerprint density at radius 2 is 2.11 bits per heavy atom. The van der Waals surface area contributed by atoms with Gasteiger partial charge < -0.3 is 15.0 Å². The summed E-state index contributed by atoms with van der Waals surface area (Å²) in [6.07, 6.45) is -1.11. The van der Waals surface area contributed by atoms with E-state index in [-0.39, 0.29) is 17.4 Å². The molecule has 1 aromatic heterocycles. The van der Waals surface area contributed by atoms with Gasteiger partial charge in [0.2, 0.25) is 5.88 Å². The van der Waals surface area contributed by atoms with Crippen molar-refractivity contribution in [1.82, 2.24) is 10.3 Å². The highest BCUT2D eigenvalue weighted by Crippen LogP contribution is 2.26. The van der Waals surface area contributed by atoms with Gasteiger partial charge >= 0.3 is 6.18 Å². The third-order valence-electron chi connectivity index (χ3n) is 4.33. The molecule has 5 nitrogen and oxygen atoms in total. The molecule has 1 N–H and O–H groups in total. The van der Waals surface area contributed by atoms with Gasteiger partial charge in [0.15, 0.2) is 6.61 Å². The molecule has 1 aliphatic rings. The first-order chi connectivity index (χ1) is 12.8. The van der Waals surface area contributed by atoms with Crippen LogP contribution in [0.1, 0.15) is 27.9 Å². The lowest BCUT2D eigenvalue weighted by molar-refractivity contribution is -0.154. The molecule has 8 heteroatoms. The number of hydrogen-bond donors (Lipinski definition) is 1. The molecule has 0 saturated carbocycles. The molecule has 0 unspecified atom stereocenters. The van der Waals surface area contributed by atoms with Crippen molar-refractivity contribution < 1.29 is 22.7 Å². The van der Waals surface area contributed by atoms with Crippen molar-refractivity contribution in [3.63, 3.8) is 0 Å². The van der Waals surface area contributed by atoms with Crippen LogP contribution in [0, 0.1) is 0 Å². The quantitative estimate of drug-likeness (QED) is 0.866. The Hall–Kier alpha value is -2.77. The summed E-state index contributed by atoms with van der Waals surface area (Å²) in [4.78, 5) is 18.2. The van der Waals surface area contributed by atoms with Crippen molar-refractivity contribution in [2.24, 2.45) is 0 Å². The molecular weight excluding hydrogens is 359 g/mol. The van der Waals surface area contributed by atoms with Crippen LogP contribution in [-0.2, 0) is 13.0 Å². The Morgan fingerprint density at radius 1 is 1.30 bits per heavy atom. The zero-order chi connectivity index (χ0) is 19.4. The first-order valence-electron chi connectivity index (χ1n) is 8.58. The third kappa shape index (κ3) is 5.12. The van der Waals surface area contributed by atoms with Gasteiger partial charge in [-0.15, -0.1) is 0 Å². The van der Waals surface area contributed by atoms with Crippen LogP contribution in [0.25, 0.3) is 0 Å². The minimum absolute atomic E-state index is 0.178. The van der Waals surface area contributed by atoms with Gasteiger partial charge in [0, 0.05) is 38.1 Å². The Labute approximate surface area is 155 Å². The summed E-state index contributed by atoms with van der Waals surface area (Å²) in [5.74, 6) is -0.526. The predicted octanol–water partition coefficient (Wildman–Crippen LogP) is 3.34. The van der Waals surface area contributed by atoms with Gasteiger partial charge in [-0.3, -0.25) is 4.79 Å². The monoisotopic (exact) mass is 379 g/mol. The average Bonchev–Trinajstić information content (AvgIpc) is 2.64. The smallest absolute Gasteiger partial charge is 0.422 e. The first kappa shape index (κ1) is 19.0. The Morgan fingerprint density at radius 3 is 2.81 bits per heavy atom. The second kappa shape index (κ2) is 7.85. The molecule has 2 aromatic rings. The number of rotatable bonds is 5. The van der Waals surface area contributed by atoms with Crippen LogP contribution in [-0.4, -0.2) is 37.3 Å². The largest absolute Gasteiger partial charge is 0.468 e. The molecule has 0 atom stereocenters. The number of fused-ring (bicyclic) bond motifs is 1. The van der Waals surface area contributed by atoms with E-state index >= 15 is 0 Å². The summed E-state index contributed by atoms with van der Waals surface area (Å²) in [5, 5.41) is 2.80. The van der Waals surface area contributed by atoms with E-state index in [0.717, 1.165) is 24.9 Å². The van der Waals surface area contributed by atoms with E-state index in [9.17, 15) is 18.0 Å².